The number of hydrogen-bond acceptors (Lipinski definition) is 11. The van der Waals surface area contributed by atoms with Crippen molar-refractivity contribution in [1.29, 1.82) is 0 Å². The van der Waals surface area contributed by atoms with Crippen LogP contribution in [0.15, 0.2) is 28.7 Å². The molecule has 1 aromatic heterocycles. The van der Waals surface area contributed by atoms with E-state index in [9.17, 15) is 20.1 Å². The van der Waals surface area contributed by atoms with E-state index in [4.69, 9.17) is 18.6 Å². The topological polar surface area (TPSA) is 168 Å². The molecule has 3 aliphatic rings. The third-order valence-corrected chi connectivity index (χ3v) is 7.14. The number of aliphatic hydroxyl groups is 3. The maximum absolute atomic E-state index is 12.9. The third-order valence-electron chi connectivity index (χ3n) is 7.14. The van der Waals surface area contributed by atoms with E-state index in [1.807, 2.05) is 12.1 Å². The largest absolute Gasteiger partial charge is 0.440 e. The van der Waals surface area contributed by atoms with Crippen LogP contribution >= 0.6 is 0 Å². The fourth-order valence-corrected chi connectivity index (χ4v) is 5.40. The third kappa shape index (κ3) is 4.23. The number of fused-ring (bicyclic) bond motifs is 3. The van der Waals surface area contributed by atoms with Gasteiger partial charge in [-0.25, -0.2) is 4.98 Å². The second-order valence-electron chi connectivity index (χ2n) is 9.43. The Morgan fingerprint density at radius 3 is 2.57 bits per heavy atom. The number of hydrogen-bond donors (Lipinski definition) is 6. The first kappa shape index (κ1) is 24.5. The van der Waals surface area contributed by atoms with Crippen molar-refractivity contribution < 1.29 is 38.7 Å². The zero-order valence-corrected chi connectivity index (χ0v) is 19.7. The van der Waals surface area contributed by atoms with E-state index < -0.39 is 60.5 Å². The molecule has 1 saturated carbocycles. The summed E-state index contributed by atoms with van der Waals surface area (Å²) >= 11 is 0. The molecule has 2 aromatic rings. The minimum Gasteiger partial charge on any atom is -0.440 e. The highest BCUT2D eigenvalue weighted by atomic mass is 16.8. The number of likely N-dealkylation sites (N-methyl/N-ethyl adjacent to an activating group) is 2. The predicted octanol–water partition coefficient (Wildman–Crippen LogP) is -1.63. The lowest BCUT2D eigenvalue weighted by molar-refractivity contribution is -0.449. The minimum atomic E-state index is -2.05. The van der Waals surface area contributed by atoms with E-state index in [1.54, 1.807) is 33.2 Å². The summed E-state index contributed by atoms with van der Waals surface area (Å²) in [6.07, 6.45) is -5.47. The molecular weight excluding hydrogens is 460 g/mol. The number of rotatable bonds is 5. The first-order chi connectivity index (χ1) is 16.7. The fraction of sp³-hybridized carbons (Fsp3) is 0.652. The number of nitrogens with zero attached hydrogens (tertiary/aromatic N) is 1. The molecule has 12 nitrogen and oxygen atoms in total. The van der Waals surface area contributed by atoms with Gasteiger partial charge in [0.2, 0.25) is 23.9 Å². The zero-order valence-electron chi connectivity index (χ0n) is 19.7. The van der Waals surface area contributed by atoms with Gasteiger partial charge in [0, 0.05) is 0 Å². The van der Waals surface area contributed by atoms with Gasteiger partial charge in [-0.05, 0) is 39.6 Å². The number of aliphatic hydroxyl groups excluding tert-OH is 2. The molecule has 2 saturated heterocycles. The predicted molar refractivity (Wildman–Crippen MR) is 121 cm³/mol. The van der Waals surface area contributed by atoms with Crippen molar-refractivity contribution in [3.8, 4) is 0 Å². The zero-order chi connectivity index (χ0) is 24.9. The number of para-hydroxylation sites is 2. The van der Waals surface area contributed by atoms with Crippen LogP contribution in [0.25, 0.3) is 11.1 Å². The van der Waals surface area contributed by atoms with Crippen LogP contribution in [0.5, 0.6) is 0 Å². The molecule has 6 N–H and O–H groups in total. The van der Waals surface area contributed by atoms with Crippen LogP contribution in [0, 0.1) is 0 Å². The monoisotopic (exact) mass is 492 g/mol. The second-order valence-corrected chi connectivity index (χ2v) is 9.43. The lowest BCUT2D eigenvalue weighted by Gasteiger charge is -2.58. The van der Waals surface area contributed by atoms with Gasteiger partial charge in [-0.15, -0.1) is 0 Å². The molecule has 3 heterocycles. The van der Waals surface area contributed by atoms with E-state index in [1.165, 1.54) is 0 Å². The van der Waals surface area contributed by atoms with Crippen LogP contribution in [0.2, 0.25) is 0 Å². The maximum atomic E-state index is 12.9. The Bertz CT molecular complexity index is 1030. The summed E-state index contributed by atoms with van der Waals surface area (Å²) in [4.78, 5) is 17.2. The van der Waals surface area contributed by atoms with Crippen molar-refractivity contribution >= 4 is 17.0 Å². The summed E-state index contributed by atoms with van der Waals surface area (Å²) in [7, 11) is 3.28. The van der Waals surface area contributed by atoms with Gasteiger partial charge in [-0.1, -0.05) is 12.1 Å². The van der Waals surface area contributed by atoms with Crippen molar-refractivity contribution in [3.05, 3.63) is 30.2 Å². The van der Waals surface area contributed by atoms with Crippen molar-refractivity contribution in [2.75, 3.05) is 14.1 Å². The van der Waals surface area contributed by atoms with Crippen LogP contribution in [0.3, 0.4) is 0 Å². The summed E-state index contributed by atoms with van der Waals surface area (Å²) in [5, 5.41) is 42.0. The van der Waals surface area contributed by atoms with E-state index in [0.29, 0.717) is 11.1 Å². The highest BCUT2D eigenvalue weighted by Gasteiger charge is 2.63. The van der Waals surface area contributed by atoms with Gasteiger partial charge in [0.05, 0.1) is 30.3 Å². The van der Waals surface area contributed by atoms with Gasteiger partial charge in [-0.2, -0.15) is 0 Å². The van der Waals surface area contributed by atoms with E-state index in [0.717, 1.165) is 0 Å². The SMILES string of the molecule is CN[C@@H]1C2O[C@]3(O)C(OC2[C@@H](O)[C@H](NC)C1O)O[C@H](C)C[C@H]3NC(=O)Cc1nc2ccccc2o1. The maximum Gasteiger partial charge on any atom is 0.239 e. The number of carbonyl (C=O) groups is 1. The lowest BCUT2D eigenvalue weighted by Crippen LogP contribution is -2.79. The Balaban J connectivity index is 1.36. The van der Waals surface area contributed by atoms with Gasteiger partial charge >= 0.3 is 0 Å². The van der Waals surface area contributed by atoms with Gasteiger partial charge < -0.3 is 49.9 Å². The molecule has 5 rings (SSSR count). The average molecular weight is 493 g/mol. The Kier molecular flexibility index (Phi) is 6.57. The van der Waals surface area contributed by atoms with Crippen LogP contribution in [-0.2, 0) is 25.4 Å². The number of carbonyl (C=O) groups excluding carboxylic acids is 1. The molecular formula is C23H32N4O8. The summed E-state index contributed by atoms with van der Waals surface area (Å²) in [6, 6.07) is 4.98. The summed E-state index contributed by atoms with van der Waals surface area (Å²) in [6.45, 7) is 1.79. The second kappa shape index (κ2) is 9.37. The van der Waals surface area contributed by atoms with Gasteiger partial charge in [0.15, 0.2) is 5.58 Å². The highest BCUT2D eigenvalue weighted by Crippen LogP contribution is 2.42. The average Bonchev–Trinajstić information content (AvgIpc) is 3.22. The molecule has 10 atom stereocenters. The minimum absolute atomic E-state index is 0.130. The number of ether oxygens (including phenoxy) is 3. The standard InChI is InChI=1S/C23H32N4O8/c1-10-8-13(27-14(28)9-15-26-11-6-4-5-7-12(11)33-15)23(31)22(32-10)34-21-19(30)16(24-2)18(29)17(25-3)20(21)35-23/h4-7,10,13,16-22,24-25,29-31H,8-9H2,1-3H3,(H,27,28)/t10-,13-,16-,17+,18?,19+,20?,21?,22?,23+/m1/s1. The summed E-state index contributed by atoms with van der Waals surface area (Å²) in [5.74, 6) is -2.22. The molecule has 2 aliphatic heterocycles. The molecule has 1 aromatic carbocycles. The molecule has 0 spiro atoms. The van der Waals surface area contributed by atoms with Crippen molar-refractivity contribution in [2.45, 2.75) is 80.5 Å². The molecule has 12 heteroatoms. The fourth-order valence-electron chi connectivity index (χ4n) is 5.40. The number of amides is 1. The highest BCUT2D eigenvalue weighted by molar-refractivity contribution is 5.79. The molecule has 35 heavy (non-hydrogen) atoms. The summed E-state index contributed by atoms with van der Waals surface area (Å²) in [5.41, 5.74) is 1.23. The number of oxazole rings is 1. The molecule has 0 radical (unpaired) electrons. The Morgan fingerprint density at radius 1 is 1.11 bits per heavy atom. The van der Waals surface area contributed by atoms with Crippen molar-refractivity contribution in [3.63, 3.8) is 0 Å². The van der Waals surface area contributed by atoms with Gasteiger partial charge in [0.25, 0.3) is 0 Å². The number of aromatic nitrogens is 1. The normalized spacial score (nSPS) is 41.3. The molecule has 192 valence electrons. The first-order valence-corrected chi connectivity index (χ1v) is 11.8. The van der Waals surface area contributed by atoms with Crippen molar-refractivity contribution in [2.24, 2.45) is 0 Å². The van der Waals surface area contributed by atoms with Crippen LogP contribution < -0.4 is 16.0 Å². The van der Waals surface area contributed by atoms with Crippen LogP contribution in [0.1, 0.15) is 19.2 Å². The lowest BCUT2D eigenvalue weighted by atomic mass is 9.79. The Labute approximate surface area is 201 Å². The Morgan fingerprint density at radius 2 is 1.86 bits per heavy atom. The van der Waals surface area contributed by atoms with Crippen LogP contribution in [0.4, 0.5) is 0 Å². The molecule has 1 aliphatic carbocycles. The van der Waals surface area contributed by atoms with E-state index in [-0.39, 0.29) is 24.8 Å². The molecule has 3 fully saturated rings. The van der Waals surface area contributed by atoms with Gasteiger partial charge in [-0.3, -0.25) is 4.79 Å². The van der Waals surface area contributed by atoms with Crippen molar-refractivity contribution in [1.82, 2.24) is 20.9 Å². The van der Waals surface area contributed by atoms with Gasteiger partial charge in [0.1, 0.15) is 30.2 Å². The number of nitrogens with one attached hydrogen (secondary N) is 3. The first-order valence-electron chi connectivity index (χ1n) is 11.8. The smallest absolute Gasteiger partial charge is 0.239 e. The van der Waals surface area contributed by atoms with E-state index in [2.05, 4.69) is 20.9 Å². The summed E-state index contributed by atoms with van der Waals surface area (Å²) < 4.78 is 23.6. The quantitative estimate of drug-likeness (QED) is 0.284. The number of benzene rings is 1. The Hall–Kier alpha value is -2.16. The van der Waals surface area contributed by atoms with Crippen LogP contribution in [-0.4, -0.2) is 101 Å². The molecule has 0 bridgehead atoms. The molecule has 1 amide bonds. The molecule has 4 unspecified atom stereocenters. The van der Waals surface area contributed by atoms with E-state index >= 15 is 0 Å².